The van der Waals surface area contributed by atoms with Crippen molar-refractivity contribution in [2.24, 2.45) is 5.41 Å². The van der Waals surface area contributed by atoms with E-state index in [0.717, 1.165) is 5.56 Å². The lowest BCUT2D eigenvalue weighted by Crippen LogP contribution is -2.38. The SMILES string of the molecule is CC1(C(=O)O)CCN(C(=O)CC(NC(=O)c2ccccc2Cl)c2ccccc2)C1. The number of amides is 2. The fourth-order valence-corrected chi connectivity index (χ4v) is 3.69. The van der Waals surface area contributed by atoms with Gasteiger partial charge in [-0.05, 0) is 31.0 Å². The quantitative estimate of drug-likeness (QED) is 0.757. The highest BCUT2D eigenvalue weighted by atomic mass is 35.5. The minimum atomic E-state index is -0.932. The molecular formula is C22H23ClN2O4. The molecule has 3 rings (SSSR count). The third-order valence-electron chi connectivity index (χ3n) is 5.35. The van der Waals surface area contributed by atoms with Gasteiger partial charge in [0.2, 0.25) is 5.91 Å². The molecule has 2 atom stereocenters. The molecule has 1 aliphatic heterocycles. The van der Waals surface area contributed by atoms with Crippen molar-refractivity contribution in [1.29, 1.82) is 0 Å². The van der Waals surface area contributed by atoms with Crippen molar-refractivity contribution >= 4 is 29.4 Å². The Balaban J connectivity index is 1.77. The standard InChI is InChI=1S/C22H23ClN2O4/c1-22(21(28)29)11-12-25(14-22)19(26)13-18(15-7-3-2-4-8-15)24-20(27)16-9-5-6-10-17(16)23/h2-10,18H,11-14H2,1H3,(H,24,27)(H,28,29). The number of carbonyl (C=O) groups excluding carboxylic acids is 2. The van der Waals surface area contributed by atoms with E-state index in [-0.39, 0.29) is 24.8 Å². The number of nitrogens with zero attached hydrogens (tertiary/aromatic N) is 1. The molecule has 2 unspecified atom stereocenters. The van der Waals surface area contributed by atoms with E-state index < -0.39 is 17.4 Å². The van der Waals surface area contributed by atoms with Gasteiger partial charge < -0.3 is 15.3 Å². The Morgan fingerprint density at radius 2 is 1.79 bits per heavy atom. The summed E-state index contributed by atoms with van der Waals surface area (Å²) in [4.78, 5) is 38.6. The smallest absolute Gasteiger partial charge is 0.311 e. The van der Waals surface area contributed by atoms with Gasteiger partial charge in [-0.25, -0.2) is 0 Å². The van der Waals surface area contributed by atoms with Crippen LogP contribution >= 0.6 is 11.6 Å². The summed E-state index contributed by atoms with van der Waals surface area (Å²) in [7, 11) is 0. The van der Waals surface area contributed by atoms with Crippen LogP contribution in [0.4, 0.5) is 0 Å². The Bertz CT molecular complexity index is 918. The van der Waals surface area contributed by atoms with Gasteiger partial charge in [0.05, 0.1) is 28.5 Å². The number of likely N-dealkylation sites (tertiary alicyclic amines) is 1. The first-order chi connectivity index (χ1) is 13.8. The second kappa shape index (κ2) is 8.66. The van der Waals surface area contributed by atoms with Crippen LogP contribution in [-0.4, -0.2) is 40.9 Å². The maximum atomic E-state index is 12.9. The highest BCUT2D eigenvalue weighted by Gasteiger charge is 2.42. The summed E-state index contributed by atoms with van der Waals surface area (Å²) in [5.41, 5.74) is 0.197. The number of carboxylic acids is 1. The van der Waals surface area contributed by atoms with Crippen LogP contribution in [0.3, 0.4) is 0 Å². The summed E-state index contributed by atoms with van der Waals surface area (Å²) in [5, 5.41) is 12.6. The molecule has 2 amide bonds. The molecule has 0 spiro atoms. The van der Waals surface area contributed by atoms with E-state index in [9.17, 15) is 19.5 Å². The summed E-state index contributed by atoms with van der Waals surface area (Å²) in [6.07, 6.45) is 0.450. The van der Waals surface area contributed by atoms with E-state index in [0.29, 0.717) is 23.6 Å². The average Bonchev–Trinajstić information content (AvgIpc) is 3.12. The van der Waals surface area contributed by atoms with Crippen LogP contribution in [0.5, 0.6) is 0 Å². The summed E-state index contributed by atoms with van der Waals surface area (Å²) in [5.74, 6) is -1.46. The van der Waals surface area contributed by atoms with Crippen LogP contribution < -0.4 is 5.32 Å². The number of carboxylic acid groups (broad SMARTS) is 1. The van der Waals surface area contributed by atoms with Crippen LogP contribution in [0, 0.1) is 5.41 Å². The molecular weight excluding hydrogens is 392 g/mol. The molecule has 1 aliphatic rings. The largest absolute Gasteiger partial charge is 0.481 e. The Hall–Kier alpha value is -2.86. The van der Waals surface area contributed by atoms with E-state index in [1.807, 2.05) is 30.3 Å². The van der Waals surface area contributed by atoms with Crippen molar-refractivity contribution in [2.75, 3.05) is 13.1 Å². The molecule has 6 nitrogen and oxygen atoms in total. The monoisotopic (exact) mass is 414 g/mol. The van der Waals surface area contributed by atoms with Gasteiger partial charge in [0.15, 0.2) is 0 Å². The molecule has 2 N–H and O–H groups in total. The van der Waals surface area contributed by atoms with Gasteiger partial charge in [-0.15, -0.1) is 0 Å². The minimum Gasteiger partial charge on any atom is -0.481 e. The predicted molar refractivity (Wildman–Crippen MR) is 110 cm³/mol. The van der Waals surface area contributed by atoms with E-state index in [1.54, 1.807) is 36.1 Å². The predicted octanol–water partition coefficient (Wildman–Crippen LogP) is 3.52. The number of carbonyl (C=O) groups is 3. The Morgan fingerprint density at radius 3 is 2.41 bits per heavy atom. The fourth-order valence-electron chi connectivity index (χ4n) is 3.47. The first kappa shape index (κ1) is 20.9. The van der Waals surface area contributed by atoms with Crippen molar-refractivity contribution < 1.29 is 19.5 Å². The topological polar surface area (TPSA) is 86.7 Å². The number of benzene rings is 2. The molecule has 0 radical (unpaired) electrons. The van der Waals surface area contributed by atoms with Crippen molar-refractivity contribution in [2.45, 2.75) is 25.8 Å². The zero-order chi connectivity index (χ0) is 21.0. The fraction of sp³-hybridized carbons (Fsp3) is 0.318. The molecule has 1 heterocycles. The van der Waals surface area contributed by atoms with Crippen molar-refractivity contribution in [1.82, 2.24) is 10.2 Å². The van der Waals surface area contributed by atoms with Gasteiger partial charge in [0, 0.05) is 13.1 Å². The lowest BCUT2D eigenvalue weighted by Gasteiger charge is -2.24. The number of nitrogens with one attached hydrogen (secondary N) is 1. The maximum absolute atomic E-state index is 12.9. The van der Waals surface area contributed by atoms with Gasteiger partial charge in [-0.3, -0.25) is 14.4 Å². The van der Waals surface area contributed by atoms with E-state index in [4.69, 9.17) is 11.6 Å². The van der Waals surface area contributed by atoms with Crippen LogP contribution in [0.15, 0.2) is 54.6 Å². The molecule has 29 heavy (non-hydrogen) atoms. The molecule has 1 saturated heterocycles. The Kier molecular flexibility index (Phi) is 6.23. The molecule has 7 heteroatoms. The van der Waals surface area contributed by atoms with E-state index in [1.165, 1.54) is 0 Å². The highest BCUT2D eigenvalue weighted by molar-refractivity contribution is 6.33. The van der Waals surface area contributed by atoms with Gasteiger partial charge >= 0.3 is 5.97 Å². The molecule has 0 bridgehead atoms. The summed E-state index contributed by atoms with van der Waals surface area (Å²) >= 11 is 6.13. The van der Waals surface area contributed by atoms with Gasteiger partial charge in [-0.2, -0.15) is 0 Å². The molecule has 152 valence electrons. The lowest BCUT2D eigenvalue weighted by molar-refractivity contribution is -0.147. The zero-order valence-electron chi connectivity index (χ0n) is 16.1. The van der Waals surface area contributed by atoms with Crippen molar-refractivity contribution in [3.63, 3.8) is 0 Å². The first-order valence-corrected chi connectivity index (χ1v) is 9.79. The van der Waals surface area contributed by atoms with Crippen molar-refractivity contribution in [3.05, 3.63) is 70.7 Å². The van der Waals surface area contributed by atoms with Crippen molar-refractivity contribution in [3.8, 4) is 0 Å². The summed E-state index contributed by atoms with van der Waals surface area (Å²) < 4.78 is 0. The molecule has 0 aliphatic carbocycles. The third-order valence-corrected chi connectivity index (χ3v) is 5.68. The molecule has 0 aromatic heterocycles. The third kappa shape index (κ3) is 4.77. The van der Waals surface area contributed by atoms with Crippen LogP contribution in [0.25, 0.3) is 0 Å². The van der Waals surface area contributed by atoms with Crippen LogP contribution in [0.1, 0.15) is 41.7 Å². The number of halogens is 1. The molecule has 0 saturated carbocycles. The highest BCUT2D eigenvalue weighted by Crippen LogP contribution is 2.31. The summed E-state index contributed by atoms with van der Waals surface area (Å²) in [6.45, 7) is 2.21. The lowest BCUT2D eigenvalue weighted by atomic mass is 9.90. The molecule has 2 aromatic rings. The molecule has 1 fully saturated rings. The normalized spacial score (nSPS) is 19.6. The van der Waals surface area contributed by atoms with Gasteiger partial charge in [0.1, 0.15) is 0 Å². The van der Waals surface area contributed by atoms with Gasteiger partial charge in [-0.1, -0.05) is 54.1 Å². The second-order valence-corrected chi connectivity index (χ2v) is 7.96. The maximum Gasteiger partial charge on any atom is 0.311 e. The summed E-state index contributed by atoms with van der Waals surface area (Å²) in [6, 6.07) is 15.4. The van der Waals surface area contributed by atoms with Crippen LogP contribution in [-0.2, 0) is 9.59 Å². The molecule has 2 aromatic carbocycles. The Morgan fingerprint density at radius 1 is 1.14 bits per heavy atom. The van der Waals surface area contributed by atoms with Gasteiger partial charge in [0.25, 0.3) is 5.91 Å². The number of hydrogen-bond acceptors (Lipinski definition) is 3. The van der Waals surface area contributed by atoms with Crippen LogP contribution in [0.2, 0.25) is 5.02 Å². The number of rotatable bonds is 6. The number of aliphatic carboxylic acids is 1. The average molecular weight is 415 g/mol. The Labute approximate surface area is 174 Å². The first-order valence-electron chi connectivity index (χ1n) is 9.42. The van der Waals surface area contributed by atoms with E-state index >= 15 is 0 Å². The minimum absolute atomic E-state index is 0.0376. The zero-order valence-corrected chi connectivity index (χ0v) is 16.9. The van der Waals surface area contributed by atoms with E-state index in [2.05, 4.69) is 5.32 Å². The second-order valence-electron chi connectivity index (χ2n) is 7.55. The number of hydrogen-bond donors (Lipinski definition) is 2.